The Hall–Kier alpha value is -1.09. The van der Waals surface area contributed by atoms with Crippen LogP contribution in [0.4, 0.5) is 0 Å². The fourth-order valence-corrected chi connectivity index (χ4v) is 2.46. The standard InChI is InChI=1S/C15H24N2O/c1-2-16-11-13-9-10-17-12-15(13)18-14-7-5-3-4-6-8-14/h9-10,12,14,16H,2-8,11H2,1H3. The van der Waals surface area contributed by atoms with Gasteiger partial charge in [-0.3, -0.25) is 4.98 Å². The van der Waals surface area contributed by atoms with Crippen molar-refractivity contribution in [2.45, 2.75) is 58.1 Å². The topological polar surface area (TPSA) is 34.2 Å². The zero-order valence-electron chi connectivity index (χ0n) is 11.3. The third-order valence-corrected chi connectivity index (χ3v) is 3.53. The molecule has 0 radical (unpaired) electrons. The summed E-state index contributed by atoms with van der Waals surface area (Å²) >= 11 is 0. The molecule has 1 fully saturated rings. The van der Waals surface area contributed by atoms with E-state index in [1.807, 2.05) is 12.4 Å². The van der Waals surface area contributed by atoms with E-state index >= 15 is 0 Å². The number of nitrogens with zero attached hydrogens (tertiary/aromatic N) is 1. The number of pyridine rings is 1. The molecule has 1 aromatic heterocycles. The normalized spacial score (nSPS) is 17.4. The van der Waals surface area contributed by atoms with Crippen LogP contribution in [0.2, 0.25) is 0 Å². The molecule has 0 saturated heterocycles. The number of hydrogen-bond acceptors (Lipinski definition) is 3. The summed E-state index contributed by atoms with van der Waals surface area (Å²) in [6.07, 6.45) is 11.8. The van der Waals surface area contributed by atoms with Crippen LogP contribution in [0.15, 0.2) is 18.5 Å². The summed E-state index contributed by atoms with van der Waals surface area (Å²) in [4.78, 5) is 4.19. The largest absolute Gasteiger partial charge is 0.488 e. The Morgan fingerprint density at radius 3 is 2.78 bits per heavy atom. The van der Waals surface area contributed by atoms with Crippen molar-refractivity contribution < 1.29 is 4.74 Å². The van der Waals surface area contributed by atoms with Crippen molar-refractivity contribution in [2.75, 3.05) is 6.54 Å². The summed E-state index contributed by atoms with van der Waals surface area (Å²) in [6, 6.07) is 2.05. The summed E-state index contributed by atoms with van der Waals surface area (Å²) in [5.41, 5.74) is 1.22. The van der Waals surface area contributed by atoms with Crippen molar-refractivity contribution in [3.8, 4) is 5.75 Å². The van der Waals surface area contributed by atoms with E-state index in [1.165, 1.54) is 44.1 Å². The molecule has 0 unspecified atom stereocenters. The van der Waals surface area contributed by atoms with E-state index in [9.17, 15) is 0 Å². The van der Waals surface area contributed by atoms with Gasteiger partial charge < -0.3 is 10.1 Å². The van der Waals surface area contributed by atoms with Gasteiger partial charge in [-0.25, -0.2) is 0 Å². The van der Waals surface area contributed by atoms with Crippen LogP contribution in [-0.4, -0.2) is 17.6 Å². The first kappa shape index (κ1) is 13.3. The summed E-state index contributed by atoms with van der Waals surface area (Å²) in [5, 5.41) is 3.35. The third kappa shape index (κ3) is 3.98. The average Bonchev–Trinajstić information content (AvgIpc) is 2.66. The first-order chi connectivity index (χ1) is 8.90. The fraction of sp³-hybridized carbons (Fsp3) is 0.667. The van der Waals surface area contributed by atoms with E-state index in [1.54, 1.807) is 0 Å². The number of nitrogens with one attached hydrogen (secondary N) is 1. The molecule has 1 aliphatic carbocycles. The molecule has 3 nitrogen and oxygen atoms in total. The van der Waals surface area contributed by atoms with E-state index in [0.29, 0.717) is 6.10 Å². The second-order valence-electron chi connectivity index (χ2n) is 5.00. The zero-order valence-corrected chi connectivity index (χ0v) is 11.3. The van der Waals surface area contributed by atoms with Crippen molar-refractivity contribution in [2.24, 2.45) is 0 Å². The van der Waals surface area contributed by atoms with Gasteiger partial charge in [-0.15, -0.1) is 0 Å². The molecule has 3 heteroatoms. The molecule has 1 aromatic rings. The van der Waals surface area contributed by atoms with Crippen LogP contribution >= 0.6 is 0 Å². The molecule has 1 heterocycles. The molecule has 1 aliphatic rings. The van der Waals surface area contributed by atoms with Crippen molar-refractivity contribution in [1.82, 2.24) is 10.3 Å². The molecule has 0 spiro atoms. The van der Waals surface area contributed by atoms with E-state index in [2.05, 4.69) is 23.3 Å². The van der Waals surface area contributed by atoms with Crippen molar-refractivity contribution in [3.05, 3.63) is 24.0 Å². The van der Waals surface area contributed by atoms with Crippen LogP contribution in [0.5, 0.6) is 5.75 Å². The highest BCUT2D eigenvalue weighted by Gasteiger charge is 2.15. The molecule has 0 bridgehead atoms. The van der Waals surface area contributed by atoms with Gasteiger partial charge in [-0.05, 0) is 38.3 Å². The minimum atomic E-state index is 0.386. The highest BCUT2D eigenvalue weighted by Crippen LogP contribution is 2.24. The molecule has 18 heavy (non-hydrogen) atoms. The average molecular weight is 248 g/mol. The Morgan fingerprint density at radius 2 is 2.06 bits per heavy atom. The molecule has 0 amide bonds. The predicted octanol–water partition coefficient (Wildman–Crippen LogP) is 3.29. The van der Waals surface area contributed by atoms with Crippen molar-refractivity contribution in [1.29, 1.82) is 0 Å². The van der Waals surface area contributed by atoms with Gasteiger partial charge in [0.25, 0.3) is 0 Å². The van der Waals surface area contributed by atoms with Crippen LogP contribution < -0.4 is 10.1 Å². The Bertz CT molecular complexity index is 346. The Labute approximate surface area is 110 Å². The summed E-state index contributed by atoms with van der Waals surface area (Å²) in [5.74, 6) is 0.963. The quantitative estimate of drug-likeness (QED) is 0.812. The lowest BCUT2D eigenvalue weighted by Gasteiger charge is -2.19. The third-order valence-electron chi connectivity index (χ3n) is 3.53. The van der Waals surface area contributed by atoms with Crippen LogP contribution in [0.1, 0.15) is 51.0 Å². The highest BCUT2D eigenvalue weighted by atomic mass is 16.5. The van der Waals surface area contributed by atoms with Gasteiger partial charge >= 0.3 is 0 Å². The summed E-state index contributed by atoms with van der Waals surface area (Å²) in [6.45, 7) is 3.96. The van der Waals surface area contributed by atoms with Crippen LogP contribution in [-0.2, 0) is 6.54 Å². The first-order valence-corrected chi connectivity index (χ1v) is 7.20. The second-order valence-corrected chi connectivity index (χ2v) is 5.00. The molecule has 2 rings (SSSR count). The number of hydrogen-bond donors (Lipinski definition) is 1. The maximum absolute atomic E-state index is 6.16. The second kappa shape index (κ2) is 7.37. The van der Waals surface area contributed by atoms with Crippen molar-refractivity contribution >= 4 is 0 Å². The number of aromatic nitrogens is 1. The zero-order chi connectivity index (χ0) is 12.6. The van der Waals surface area contributed by atoms with E-state index in [-0.39, 0.29) is 0 Å². The number of rotatable bonds is 5. The Morgan fingerprint density at radius 1 is 1.28 bits per heavy atom. The minimum Gasteiger partial charge on any atom is -0.488 e. The maximum atomic E-state index is 6.16. The molecule has 100 valence electrons. The molecule has 0 aromatic carbocycles. The monoisotopic (exact) mass is 248 g/mol. The first-order valence-electron chi connectivity index (χ1n) is 7.20. The summed E-state index contributed by atoms with van der Waals surface area (Å²) < 4.78 is 6.16. The lowest BCUT2D eigenvalue weighted by atomic mass is 10.1. The van der Waals surface area contributed by atoms with Crippen LogP contribution in [0.3, 0.4) is 0 Å². The maximum Gasteiger partial charge on any atom is 0.142 e. The lowest BCUT2D eigenvalue weighted by Crippen LogP contribution is -2.18. The molecular formula is C15H24N2O. The van der Waals surface area contributed by atoms with E-state index in [0.717, 1.165) is 18.8 Å². The molecule has 0 atom stereocenters. The Kier molecular flexibility index (Phi) is 5.46. The van der Waals surface area contributed by atoms with E-state index < -0.39 is 0 Å². The minimum absolute atomic E-state index is 0.386. The fourth-order valence-electron chi connectivity index (χ4n) is 2.46. The summed E-state index contributed by atoms with van der Waals surface area (Å²) in [7, 11) is 0. The number of ether oxygens (including phenoxy) is 1. The van der Waals surface area contributed by atoms with Gasteiger partial charge in [0.05, 0.1) is 12.3 Å². The van der Waals surface area contributed by atoms with Gasteiger partial charge in [0.1, 0.15) is 5.75 Å². The predicted molar refractivity (Wildman–Crippen MR) is 73.7 cm³/mol. The molecule has 1 N–H and O–H groups in total. The molecule has 0 aliphatic heterocycles. The SMILES string of the molecule is CCNCc1ccncc1OC1CCCCCC1. The van der Waals surface area contributed by atoms with Gasteiger partial charge in [0.2, 0.25) is 0 Å². The molecule has 1 saturated carbocycles. The van der Waals surface area contributed by atoms with Gasteiger partial charge in [0, 0.05) is 18.3 Å². The lowest BCUT2D eigenvalue weighted by molar-refractivity contribution is 0.181. The van der Waals surface area contributed by atoms with Crippen molar-refractivity contribution in [3.63, 3.8) is 0 Å². The van der Waals surface area contributed by atoms with E-state index in [4.69, 9.17) is 4.74 Å². The van der Waals surface area contributed by atoms with Gasteiger partial charge in [0.15, 0.2) is 0 Å². The molecular weight excluding hydrogens is 224 g/mol. The van der Waals surface area contributed by atoms with Gasteiger partial charge in [-0.2, -0.15) is 0 Å². The Balaban J connectivity index is 1.98. The smallest absolute Gasteiger partial charge is 0.142 e. The van der Waals surface area contributed by atoms with Crippen LogP contribution in [0.25, 0.3) is 0 Å². The highest BCUT2D eigenvalue weighted by molar-refractivity contribution is 5.29. The van der Waals surface area contributed by atoms with Crippen LogP contribution in [0, 0.1) is 0 Å². The van der Waals surface area contributed by atoms with Gasteiger partial charge in [-0.1, -0.05) is 19.8 Å².